The number of carbonyl (C=O) groups is 1. The fourth-order valence-corrected chi connectivity index (χ4v) is 1.54. The lowest BCUT2D eigenvalue weighted by atomic mass is 9.93. The molecule has 0 radical (unpaired) electrons. The monoisotopic (exact) mass is 213 g/mol. The third kappa shape index (κ3) is 5.62. The van der Waals surface area contributed by atoms with Crippen molar-refractivity contribution >= 4 is 6.03 Å². The smallest absolute Gasteiger partial charge is 0.315 e. The van der Waals surface area contributed by atoms with Crippen LogP contribution < -0.4 is 10.6 Å². The molecule has 0 aromatic carbocycles. The quantitative estimate of drug-likeness (QED) is 0.651. The van der Waals surface area contributed by atoms with Crippen LogP contribution in [-0.2, 0) is 0 Å². The van der Waals surface area contributed by atoms with Crippen LogP contribution >= 0.6 is 0 Å². The molecule has 0 spiro atoms. The summed E-state index contributed by atoms with van der Waals surface area (Å²) in [5.74, 6) is 0. The maximum absolute atomic E-state index is 11.3. The Kier molecular flexibility index (Phi) is 5.47. The number of nitrogens with zero attached hydrogens (tertiary/aromatic N) is 1. The molecule has 2 amide bonds. The summed E-state index contributed by atoms with van der Waals surface area (Å²) in [4.78, 5) is 13.5. The molecule has 2 N–H and O–H groups in total. The molecule has 0 unspecified atom stereocenters. The van der Waals surface area contributed by atoms with Gasteiger partial charge in [0.25, 0.3) is 0 Å². The van der Waals surface area contributed by atoms with E-state index in [9.17, 15) is 4.79 Å². The Bertz CT molecular complexity index is 190. The largest absolute Gasteiger partial charge is 0.338 e. The molecule has 4 nitrogen and oxygen atoms in total. The first-order valence-corrected chi connectivity index (χ1v) is 5.87. The van der Waals surface area contributed by atoms with E-state index in [1.807, 2.05) is 0 Å². The van der Waals surface area contributed by atoms with E-state index in [-0.39, 0.29) is 6.03 Å². The van der Waals surface area contributed by atoms with Gasteiger partial charge in [0.1, 0.15) is 0 Å². The van der Waals surface area contributed by atoms with Crippen LogP contribution in [0.2, 0.25) is 0 Å². The maximum Gasteiger partial charge on any atom is 0.315 e. The molecule has 0 heterocycles. The predicted molar refractivity (Wildman–Crippen MR) is 62.0 cm³/mol. The molecule has 1 rings (SSSR count). The Hall–Kier alpha value is -0.770. The molecule has 88 valence electrons. The molecule has 0 aromatic heterocycles. The molecule has 1 aliphatic rings. The van der Waals surface area contributed by atoms with Crippen LogP contribution in [-0.4, -0.2) is 44.2 Å². The summed E-state index contributed by atoms with van der Waals surface area (Å²) in [5.41, 5.74) is 0. The van der Waals surface area contributed by atoms with Gasteiger partial charge in [-0.2, -0.15) is 0 Å². The van der Waals surface area contributed by atoms with Gasteiger partial charge in [0, 0.05) is 12.6 Å². The highest BCUT2D eigenvalue weighted by atomic mass is 16.2. The van der Waals surface area contributed by atoms with Gasteiger partial charge in [-0.15, -0.1) is 0 Å². The topological polar surface area (TPSA) is 44.4 Å². The maximum atomic E-state index is 11.3. The van der Waals surface area contributed by atoms with E-state index >= 15 is 0 Å². The van der Waals surface area contributed by atoms with Crippen LogP contribution in [0.4, 0.5) is 4.79 Å². The standard InChI is InChI=1S/C11H23N3O/c1-14(2)9-4-3-8-12-11(15)13-10-6-5-7-10/h10H,3-9H2,1-2H3,(H2,12,13,15). The van der Waals surface area contributed by atoms with Crippen LogP contribution in [0.3, 0.4) is 0 Å². The normalized spacial score (nSPS) is 16.2. The lowest BCUT2D eigenvalue weighted by Gasteiger charge is -2.26. The average Bonchev–Trinajstić information content (AvgIpc) is 2.10. The molecule has 1 fully saturated rings. The van der Waals surface area contributed by atoms with Gasteiger partial charge in [-0.3, -0.25) is 0 Å². The minimum absolute atomic E-state index is 0.00422. The fourth-order valence-electron chi connectivity index (χ4n) is 1.54. The van der Waals surface area contributed by atoms with Crippen molar-refractivity contribution in [3.8, 4) is 0 Å². The fraction of sp³-hybridized carbons (Fsp3) is 0.909. The van der Waals surface area contributed by atoms with E-state index < -0.39 is 0 Å². The minimum atomic E-state index is 0.00422. The number of hydrogen-bond acceptors (Lipinski definition) is 2. The van der Waals surface area contributed by atoms with Crippen LogP contribution in [0.25, 0.3) is 0 Å². The second kappa shape index (κ2) is 6.67. The first-order chi connectivity index (χ1) is 7.18. The summed E-state index contributed by atoms with van der Waals surface area (Å²) in [5, 5.41) is 5.84. The molecule has 4 heteroatoms. The van der Waals surface area contributed by atoms with Crippen molar-refractivity contribution in [1.82, 2.24) is 15.5 Å². The number of nitrogens with one attached hydrogen (secondary N) is 2. The summed E-state index contributed by atoms with van der Waals surface area (Å²) >= 11 is 0. The Balaban J connectivity index is 1.88. The summed E-state index contributed by atoms with van der Waals surface area (Å²) in [6.07, 6.45) is 5.74. The van der Waals surface area contributed by atoms with Crippen molar-refractivity contribution in [1.29, 1.82) is 0 Å². The second-order valence-electron chi connectivity index (χ2n) is 4.54. The predicted octanol–water partition coefficient (Wildman–Crippen LogP) is 1.18. The van der Waals surface area contributed by atoms with E-state index in [0.717, 1.165) is 38.8 Å². The van der Waals surface area contributed by atoms with Crippen molar-refractivity contribution < 1.29 is 4.79 Å². The van der Waals surface area contributed by atoms with Crippen LogP contribution in [0.1, 0.15) is 32.1 Å². The summed E-state index contributed by atoms with van der Waals surface area (Å²) in [7, 11) is 4.13. The number of carbonyl (C=O) groups excluding carboxylic acids is 1. The second-order valence-corrected chi connectivity index (χ2v) is 4.54. The van der Waals surface area contributed by atoms with E-state index in [4.69, 9.17) is 0 Å². The average molecular weight is 213 g/mol. The van der Waals surface area contributed by atoms with Gasteiger partial charge in [0.05, 0.1) is 0 Å². The Labute approximate surface area is 92.4 Å². The molecule has 0 aliphatic heterocycles. The zero-order valence-electron chi connectivity index (χ0n) is 9.88. The minimum Gasteiger partial charge on any atom is -0.338 e. The van der Waals surface area contributed by atoms with Gasteiger partial charge < -0.3 is 15.5 Å². The Morgan fingerprint density at radius 3 is 2.60 bits per heavy atom. The summed E-state index contributed by atoms with van der Waals surface area (Å²) in [6, 6.07) is 0.441. The highest BCUT2D eigenvalue weighted by Gasteiger charge is 2.18. The van der Waals surface area contributed by atoms with Gasteiger partial charge in [0.15, 0.2) is 0 Å². The molecule has 1 saturated carbocycles. The van der Waals surface area contributed by atoms with E-state index in [1.54, 1.807) is 0 Å². The lowest BCUT2D eigenvalue weighted by Crippen LogP contribution is -2.45. The number of hydrogen-bond donors (Lipinski definition) is 2. The van der Waals surface area contributed by atoms with Gasteiger partial charge in [0.2, 0.25) is 0 Å². The van der Waals surface area contributed by atoms with Crippen LogP contribution in [0.5, 0.6) is 0 Å². The van der Waals surface area contributed by atoms with E-state index in [2.05, 4.69) is 29.6 Å². The molecule has 0 saturated heterocycles. The van der Waals surface area contributed by atoms with Crippen molar-refractivity contribution in [2.75, 3.05) is 27.2 Å². The molecular formula is C11H23N3O. The molecule has 0 bridgehead atoms. The van der Waals surface area contributed by atoms with Gasteiger partial charge >= 0.3 is 6.03 Å². The zero-order valence-corrected chi connectivity index (χ0v) is 9.88. The molecular weight excluding hydrogens is 190 g/mol. The molecule has 1 aliphatic carbocycles. The van der Waals surface area contributed by atoms with Crippen molar-refractivity contribution in [2.24, 2.45) is 0 Å². The number of amides is 2. The Morgan fingerprint density at radius 2 is 2.07 bits per heavy atom. The lowest BCUT2D eigenvalue weighted by molar-refractivity contribution is 0.228. The number of rotatable bonds is 6. The van der Waals surface area contributed by atoms with Gasteiger partial charge in [-0.05, 0) is 52.7 Å². The third-order valence-electron chi connectivity index (χ3n) is 2.76. The highest BCUT2D eigenvalue weighted by molar-refractivity contribution is 5.74. The SMILES string of the molecule is CN(C)CCCCNC(=O)NC1CCC1. The van der Waals surface area contributed by atoms with E-state index in [1.165, 1.54) is 6.42 Å². The number of urea groups is 1. The van der Waals surface area contributed by atoms with Crippen molar-refractivity contribution in [3.05, 3.63) is 0 Å². The summed E-state index contributed by atoms with van der Waals surface area (Å²) in [6.45, 7) is 1.87. The summed E-state index contributed by atoms with van der Waals surface area (Å²) < 4.78 is 0. The van der Waals surface area contributed by atoms with Gasteiger partial charge in [-0.25, -0.2) is 4.79 Å². The highest BCUT2D eigenvalue weighted by Crippen LogP contribution is 2.17. The first kappa shape index (κ1) is 12.3. The molecule has 0 atom stereocenters. The van der Waals surface area contributed by atoms with Crippen LogP contribution in [0, 0.1) is 0 Å². The molecule has 15 heavy (non-hydrogen) atoms. The third-order valence-corrected chi connectivity index (χ3v) is 2.76. The van der Waals surface area contributed by atoms with Crippen molar-refractivity contribution in [3.63, 3.8) is 0 Å². The van der Waals surface area contributed by atoms with Gasteiger partial charge in [-0.1, -0.05) is 0 Å². The van der Waals surface area contributed by atoms with Crippen molar-refractivity contribution in [2.45, 2.75) is 38.1 Å². The zero-order chi connectivity index (χ0) is 11.1. The molecule has 0 aromatic rings. The first-order valence-electron chi connectivity index (χ1n) is 5.87. The van der Waals surface area contributed by atoms with Crippen LogP contribution in [0.15, 0.2) is 0 Å². The van der Waals surface area contributed by atoms with E-state index in [0.29, 0.717) is 6.04 Å². The Morgan fingerprint density at radius 1 is 1.33 bits per heavy atom. The number of unbranched alkanes of at least 4 members (excludes halogenated alkanes) is 1.